The summed E-state index contributed by atoms with van der Waals surface area (Å²) >= 11 is 0. The number of nitrogens with one attached hydrogen (secondary N) is 3. The number of nitrogens with two attached hydrogens (primary N) is 1. The van der Waals surface area contributed by atoms with Gasteiger partial charge in [0.1, 0.15) is 17.8 Å². The Morgan fingerprint density at radius 3 is 1.95 bits per heavy atom. The number of rotatable bonds is 21. The lowest BCUT2D eigenvalue weighted by molar-refractivity contribution is -0.162. The molecule has 5 N–H and O–H groups in total. The minimum atomic E-state index is -4.13. The predicted molar refractivity (Wildman–Crippen MR) is 274 cm³/mol. The number of primary amides is 1. The van der Waals surface area contributed by atoms with Crippen LogP contribution in [0.4, 0.5) is 0 Å². The van der Waals surface area contributed by atoms with Gasteiger partial charge in [-0.15, -0.1) is 0 Å². The molecule has 2 fully saturated rings. The van der Waals surface area contributed by atoms with Gasteiger partial charge in [0.2, 0.25) is 31.3 Å². The van der Waals surface area contributed by atoms with Crippen molar-refractivity contribution in [2.24, 2.45) is 16.6 Å². The number of aromatic amines is 1. The molecule has 0 bridgehead atoms. The quantitative estimate of drug-likeness (QED) is 0.0370. The number of amides is 4. The van der Waals surface area contributed by atoms with Crippen LogP contribution in [0.25, 0.3) is 10.9 Å². The molecule has 4 amide bonds. The second-order valence-corrected chi connectivity index (χ2v) is 23.3. The molecule has 0 aliphatic carbocycles. The molecule has 2 aliphatic rings. The second-order valence-electron chi connectivity index (χ2n) is 21.2. The Morgan fingerprint density at radius 2 is 1.40 bits per heavy atom. The van der Waals surface area contributed by atoms with Crippen molar-refractivity contribution in [3.8, 4) is 0 Å². The monoisotopic (exact) mass is 1030 g/mol. The molecule has 2 saturated heterocycles. The first kappa shape index (κ1) is 56.1. The van der Waals surface area contributed by atoms with Gasteiger partial charge in [-0.05, 0) is 116 Å². The number of Topliss-reactive ketones (excluding diaryl/α,β-unsaturated/α-hetero) is 1. The summed E-state index contributed by atoms with van der Waals surface area (Å²) in [4.78, 5) is 101. The van der Waals surface area contributed by atoms with Crippen molar-refractivity contribution in [1.82, 2.24) is 25.4 Å². The fraction of sp³-hybridized carbons (Fsp3) is 0.500. The number of aromatic nitrogens is 1. The molecule has 394 valence electrons. The van der Waals surface area contributed by atoms with Crippen LogP contribution in [0.1, 0.15) is 127 Å². The van der Waals surface area contributed by atoms with Gasteiger partial charge in [0, 0.05) is 54.8 Å². The van der Waals surface area contributed by atoms with E-state index in [0.717, 1.165) is 11.1 Å². The Morgan fingerprint density at radius 1 is 0.808 bits per heavy atom. The van der Waals surface area contributed by atoms with Gasteiger partial charge in [-0.1, -0.05) is 66.7 Å². The first-order valence-corrected chi connectivity index (χ1v) is 26.6. The first-order chi connectivity index (χ1) is 34.4. The van der Waals surface area contributed by atoms with Crippen molar-refractivity contribution < 1.29 is 56.6 Å². The number of H-pyrrole nitrogens is 1. The molecule has 0 saturated carbocycles. The van der Waals surface area contributed by atoms with Crippen LogP contribution in [0.3, 0.4) is 0 Å². The van der Waals surface area contributed by atoms with E-state index in [1.165, 1.54) is 0 Å². The number of fused-ring (bicyclic) bond motifs is 2. The molecule has 3 heterocycles. The summed E-state index contributed by atoms with van der Waals surface area (Å²) in [5.74, 6) is -3.95. The van der Waals surface area contributed by atoms with E-state index in [9.17, 15) is 38.1 Å². The molecule has 0 unspecified atom stereocenters. The second kappa shape index (κ2) is 24.2. The van der Waals surface area contributed by atoms with E-state index >= 15 is 0 Å². The lowest BCUT2D eigenvalue weighted by Gasteiger charge is -2.40. The molecule has 73 heavy (non-hydrogen) atoms. The van der Waals surface area contributed by atoms with E-state index in [-0.39, 0.29) is 61.4 Å². The number of hydrogen-bond donors (Lipinski definition) is 4. The number of esters is 2. The van der Waals surface area contributed by atoms with E-state index in [2.05, 4.69) is 20.5 Å². The van der Waals surface area contributed by atoms with Gasteiger partial charge in [0.15, 0.2) is 5.78 Å². The van der Waals surface area contributed by atoms with E-state index in [4.69, 9.17) is 24.3 Å². The van der Waals surface area contributed by atoms with Crippen molar-refractivity contribution in [3.05, 3.63) is 107 Å². The van der Waals surface area contributed by atoms with Crippen molar-refractivity contribution in [1.29, 1.82) is 0 Å². The third kappa shape index (κ3) is 15.2. The van der Waals surface area contributed by atoms with Crippen molar-refractivity contribution >= 4 is 59.8 Å². The van der Waals surface area contributed by atoms with Crippen LogP contribution in [-0.4, -0.2) is 113 Å². The van der Waals surface area contributed by atoms with Gasteiger partial charge in [-0.25, -0.2) is 0 Å². The SMILES string of the molecule is CC(C)N1CC[C@H]2CC[C@@H](C(=O)N[C@@H](CCC(N)=O)C(=O)CC(c3ccccc3)c3ccccc3)N2C(=O)[C@@H](NC(=O)c2cc3cc(CP(=O)(OCOC(=O)C(C)(C)C)OCOC(=O)C(C)(C)C)ccc3[nH]2)C1. The van der Waals surface area contributed by atoms with Gasteiger partial charge < -0.3 is 35.7 Å². The summed E-state index contributed by atoms with van der Waals surface area (Å²) in [7, 11) is -4.13. The highest BCUT2D eigenvalue weighted by molar-refractivity contribution is 7.53. The maximum atomic E-state index is 14.9. The van der Waals surface area contributed by atoms with Crippen molar-refractivity contribution in [2.45, 2.75) is 136 Å². The standard InChI is InChI=1S/C54H71N6O12P/c1-34(2)59-26-25-39-20-23-45(49(64)57-42(22-24-47(55)62)46(61)29-40(36-15-11-9-12-16-36)37-17-13-10-14-18-37)60(39)50(65)44(30-59)58-48(63)43-28-38-27-35(19-21-41(38)56-43)31-73(68,71-32-69-51(66)53(3,4)5)72-33-70-52(67)54(6,7)8/h9-19,21,27-28,34,39-40,42,44-45,56H,20,22-26,29-33H2,1-8H3,(H2,55,62)(H,57,64)(H,58,63)/t39-,42+,44+,45+/m1/s1. The van der Waals surface area contributed by atoms with Crippen LogP contribution in [0, 0.1) is 10.8 Å². The fourth-order valence-electron chi connectivity index (χ4n) is 8.99. The fourth-order valence-corrected chi connectivity index (χ4v) is 10.3. The predicted octanol–water partition coefficient (Wildman–Crippen LogP) is 7.10. The number of hydrogen-bond acceptors (Lipinski definition) is 13. The molecular formula is C54H71N6O12P. The van der Waals surface area contributed by atoms with Crippen LogP contribution in [-0.2, 0) is 58.0 Å². The van der Waals surface area contributed by atoms with E-state index in [1.807, 2.05) is 74.5 Å². The maximum Gasteiger partial charge on any atom is 0.340 e. The highest BCUT2D eigenvalue weighted by atomic mass is 31.2. The largest absolute Gasteiger partial charge is 0.438 e. The average Bonchev–Trinajstić information content (AvgIpc) is 3.96. The van der Waals surface area contributed by atoms with Gasteiger partial charge in [-0.2, -0.15) is 0 Å². The highest BCUT2D eigenvalue weighted by Crippen LogP contribution is 2.52. The molecule has 0 radical (unpaired) electrons. The smallest absolute Gasteiger partial charge is 0.340 e. The van der Waals surface area contributed by atoms with Gasteiger partial charge >= 0.3 is 19.5 Å². The molecule has 4 aromatic rings. The zero-order valence-electron chi connectivity index (χ0n) is 43.1. The zero-order chi connectivity index (χ0) is 53.3. The molecule has 2 aliphatic heterocycles. The third-order valence-corrected chi connectivity index (χ3v) is 14.9. The first-order valence-electron chi connectivity index (χ1n) is 24.8. The number of carbonyl (C=O) groups excluding carboxylic acids is 7. The number of ether oxygens (including phenoxy) is 2. The number of carbonyl (C=O) groups is 7. The van der Waals surface area contributed by atoms with Crippen LogP contribution in [0.2, 0.25) is 0 Å². The Bertz CT molecular complexity index is 2590. The van der Waals surface area contributed by atoms with Crippen LogP contribution >= 0.6 is 7.60 Å². The van der Waals surface area contributed by atoms with Crippen LogP contribution in [0.5, 0.6) is 0 Å². The topological polar surface area (TPSA) is 246 Å². The molecule has 4 atom stereocenters. The molecule has 18 nitrogen and oxygen atoms in total. The Labute approximate surface area is 427 Å². The normalized spacial score (nSPS) is 18.2. The van der Waals surface area contributed by atoms with Crippen molar-refractivity contribution in [2.75, 3.05) is 26.7 Å². The number of ketones is 1. The molecule has 6 rings (SSSR count). The minimum Gasteiger partial charge on any atom is -0.438 e. The number of benzene rings is 3. The molecule has 3 aromatic carbocycles. The van der Waals surface area contributed by atoms with Gasteiger partial charge in [0.25, 0.3) is 5.91 Å². The Hall–Kier alpha value is -6.20. The summed E-state index contributed by atoms with van der Waals surface area (Å²) in [6, 6.07) is 22.4. The highest BCUT2D eigenvalue weighted by Gasteiger charge is 2.46. The average molecular weight is 1030 g/mol. The summed E-state index contributed by atoms with van der Waals surface area (Å²) in [5, 5.41) is 6.43. The maximum absolute atomic E-state index is 14.9. The van der Waals surface area contributed by atoms with E-state index in [1.54, 1.807) is 70.7 Å². The van der Waals surface area contributed by atoms with Crippen LogP contribution < -0.4 is 16.4 Å². The lowest BCUT2D eigenvalue weighted by Crippen LogP contribution is -2.61. The number of nitrogens with zero attached hydrogens (tertiary/aromatic N) is 2. The summed E-state index contributed by atoms with van der Waals surface area (Å²) < 4.78 is 35.6. The Balaban J connectivity index is 1.19. The Kier molecular flexibility index (Phi) is 18.6. The molecule has 19 heteroatoms. The minimum absolute atomic E-state index is 0.0151. The van der Waals surface area contributed by atoms with Gasteiger partial charge in [0.05, 0.1) is 23.0 Å². The third-order valence-electron chi connectivity index (χ3n) is 13.2. The summed E-state index contributed by atoms with van der Waals surface area (Å²) in [6.07, 6.45) is 1.01. The van der Waals surface area contributed by atoms with Gasteiger partial charge in [-0.3, -0.25) is 52.1 Å². The molecular weight excluding hydrogens is 956 g/mol. The molecule has 1 aromatic heterocycles. The summed E-state index contributed by atoms with van der Waals surface area (Å²) in [6.45, 7) is 13.3. The summed E-state index contributed by atoms with van der Waals surface area (Å²) in [5.41, 5.74) is 6.82. The zero-order valence-corrected chi connectivity index (χ0v) is 44.0. The van der Waals surface area contributed by atoms with Crippen LogP contribution in [0.15, 0.2) is 84.9 Å². The van der Waals surface area contributed by atoms with Crippen molar-refractivity contribution in [3.63, 3.8) is 0 Å². The van der Waals surface area contributed by atoms with E-state index in [0.29, 0.717) is 42.3 Å². The molecule has 0 spiro atoms. The van der Waals surface area contributed by atoms with E-state index < -0.39 is 85.7 Å². The lowest BCUT2D eigenvalue weighted by atomic mass is 9.85.